The van der Waals surface area contributed by atoms with Crippen molar-refractivity contribution in [2.45, 2.75) is 79.1 Å². The Bertz CT molecular complexity index is 243. The zero-order chi connectivity index (χ0) is 15.9. The van der Waals surface area contributed by atoms with E-state index in [0.717, 1.165) is 19.4 Å². The molecule has 0 aromatic rings. The van der Waals surface area contributed by atoms with Crippen LogP contribution in [0.3, 0.4) is 0 Å². The number of hydrogen-bond acceptors (Lipinski definition) is 3. The minimum Gasteiger partial charge on any atom is -0.465 e. The molecule has 0 amide bonds. The van der Waals surface area contributed by atoms with Crippen molar-refractivity contribution in [3.05, 3.63) is 0 Å². The van der Waals surface area contributed by atoms with Crippen LogP contribution in [0.2, 0.25) is 0 Å². The average molecular weight is 299 g/mol. The number of hydrogen-bond donors (Lipinski definition) is 0. The molecule has 0 aromatic carbocycles. The van der Waals surface area contributed by atoms with E-state index in [2.05, 4.69) is 18.7 Å². The van der Waals surface area contributed by atoms with E-state index in [9.17, 15) is 4.79 Å². The maximum absolute atomic E-state index is 11.5. The Morgan fingerprint density at radius 1 is 0.952 bits per heavy atom. The molecule has 21 heavy (non-hydrogen) atoms. The summed E-state index contributed by atoms with van der Waals surface area (Å²) in [5.41, 5.74) is 0. The van der Waals surface area contributed by atoms with Gasteiger partial charge in [0.05, 0.1) is 12.5 Å². The van der Waals surface area contributed by atoms with E-state index in [1.807, 2.05) is 13.8 Å². The molecule has 3 heteroatoms. The molecule has 0 bridgehead atoms. The van der Waals surface area contributed by atoms with Crippen molar-refractivity contribution in [1.82, 2.24) is 4.90 Å². The van der Waals surface area contributed by atoms with Gasteiger partial charge in [0, 0.05) is 0 Å². The summed E-state index contributed by atoms with van der Waals surface area (Å²) < 4.78 is 5.26. The first-order valence-corrected chi connectivity index (χ1v) is 9.04. The van der Waals surface area contributed by atoms with E-state index >= 15 is 0 Å². The van der Waals surface area contributed by atoms with Crippen LogP contribution in [0.25, 0.3) is 0 Å². The third kappa shape index (κ3) is 11.7. The molecule has 0 radical (unpaired) electrons. The number of rotatable bonds is 14. The first kappa shape index (κ1) is 20.4. The zero-order valence-electron chi connectivity index (χ0n) is 14.8. The summed E-state index contributed by atoms with van der Waals surface area (Å²) in [6.45, 7) is 12.7. The molecule has 0 saturated heterocycles. The first-order valence-electron chi connectivity index (χ1n) is 9.04. The lowest BCUT2D eigenvalue weighted by Crippen LogP contribution is -2.25. The molecule has 0 aromatic heterocycles. The topological polar surface area (TPSA) is 29.5 Å². The molecular formula is C18H37NO2. The van der Waals surface area contributed by atoms with Gasteiger partial charge < -0.3 is 9.64 Å². The van der Waals surface area contributed by atoms with Crippen molar-refractivity contribution in [2.24, 2.45) is 5.92 Å². The molecule has 0 heterocycles. The molecule has 0 N–H and O–H groups in total. The van der Waals surface area contributed by atoms with Gasteiger partial charge in [0.2, 0.25) is 0 Å². The summed E-state index contributed by atoms with van der Waals surface area (Å²) in [5, 5.41) is 0. The highest BCUT2D eigenvalue weighted by Crippen LogP contribution is 2.07. The summed E-state index contributed by atoms with van der Waals surface area (Å²) in [4.78, 5) is 14.0. The fourth-order valence-electron chi connectivity index (χ4n) is 2.29. The Balaban J connectivity index is 3.43. The van der Waals surface area contributed by atoms with Crippen LogP contribution in [-0.2, 0) is 9.53 Å². The lowest BCUT2D eigenvalue weighted by molar-refractivity contribution is -0.148. The Morgan fingerprint density at radius 3 is 2.14 bits per heavy atom. The van der Waals surface area contributed by atoms with Crippen molar-refractivity contribution >= 4 is 5.97 Å². The number of esters is 1. The molecule has 1 atom stereocenters. The first-order chi connectivity index (χ1) is 10.2. The van der Waals surface area contributed by atoms with Gasteiger partial charge in [-0.3, -0.25) is 4.79 Å². The minimum atomic E-state index is -0.0365. The molecule has 126 valence electrons. The van der Waals surface area contributed by atoms with Crippen molar-refractivity contribution < 1.29 is 9.53 Å². The molecule has 0 saturated carbocycles. The largest absolute Gasteiger partial charge is 0.465 e. The predicted octanol–water partition coefficient (Wildman–Crippen LogP) is 4.65. The Kier molecular flexibility index (Phi) is 14.0. The second-order valence-corrected chi connectivity index (χ2v) is 6.03. The fraction of sp³-hybridized carbons (Fsp3) is 0.944. The Labute approximate surface area is 132 Å². The predicted molar refractivity (Wildman–Crippen MR) is 90.5 cm³/mol. The minimum absolute atomic E-state index is 0.0365. The third-order valence-corrected chi connectivity index (χ3v) is 4.15. The summed E-state index contributed by atoms with van der Waals surface area (Å²) in [5.74, 6) is 0.0109. The fourth-order valence-corrected chi connectivity index (χ4v) is 2.29. The molecule has 0 spiro atoms. The molecule has 1 unspecified atom stereocenters. The maximum atomic E-state index is 11.5. The van der Waals surface area contributed by atoms with Crippen LogP contribution >= 0.6 is 0 Å². The third-order valence-electron chi connectivity index (χ3n) is 4.15. The summed E-state index contributed by atoms with van der Waals surface area (Å²) in [6, 6.07) is 0. The normalized spacial score (nSPS) is 12.6. The van der Waals surface area contributed by atoms with E-state index in [-0.39, 0.29) is 11.9 Å². The van der Waals surface area contributed by atoms with Crippen LogP contribution < -0.4 is 0 Å². The second-order valence-electron chi connectivity index (χ2n) is 6.03. The summed E-state index contributed by atoms with van der Waals surface area (Å²) in [6.07, 6.45) is 9.51. The van der Waals surface area contributed by atoms with Crippen molar-refractivity contribution in [2.75, 3.05) is 26.2 Å². The van der Waals surface area contributed by atoms with Gasteiger partial charge in [-0.2, -0.15) is 0 Å². The summed E-state index contributed by atoms with van der Waals surface area (Å²) in [7, 11) is 0. The monoisotopic (exact) mass is 299 g/mol. The van der Waals surface area contributed by atoms with Gasteiger partial charge in [-0.25, -0.2) is 0 Å². The van der Waals surface area contributed by atoms with Gasteiger partial charge in [0.15, 0.2) is 0 Å². The SMILES string of the molecule is CCCCCN(CC)CCCCCCOC(=O)C(C)CC. The molecule has 0 fully saturated rings. The highest BCUT2D eigenvalue weighted by atomic mass is 16.5. The molecule has 3 nitrogen and oxygen atoms in total. The average Bonchev–Trinajstić information content (AvgIpc) is 2.51. The van der Waals surface area contributed by atoms with Gasteiger partial charge >= 0.3 is 5.97 Å². The van der Waals surface area contributed by atoms with Gasteiger partial charge in [0.25, 0.3) is 0 Å². The quantitative estimate of drug-likeness (QED) is 0.345. The van der Waals surface area contributed by atoms with Crippen LogP contribution in [0.1, 0.15) is 79.1 Å². The van der Waals surface area contributed by atoms with E-state index in [0.29, 0.717) is 6.61 Å². The summed E-state index contributed by atoms with van der Waals surface area (Å²) >= 11 is 0. The van der Waals surface area contributed by atoms with Crippen LogP contribution in [0.15, 0.2) is 0 Å². The number of carbonyl (C=O) groups excluding carboxylic acids is 1. The second kappa shape index (κ2) is 14.4. The molecule has 0 aliphatic carbocycles. The molecule has 0 rings (SSSR count). The smallest absolute Gasteiger partial charge is 0.308 e. The van der Waals surface area contributed by atoms with Crippen molar-refractivity contribution in [3.63, 3.8) is 0 Å². The van der Waals surface area contributed by atoms with Gasteiger partial charge in [-0.15, -0.1) is 0 Å². The molecular weight excluding hydrogens is 262 g/mol. The van der Waals surface area contributed by atoms with Crippen LogP contribution in [0.5, 0.6) is 0 Å². The Hall–Kier alpha value is -0.570. The zero-order valence-corrected chi connectivity index (χ0v) is 14.8. The highest BCUT2D eigenvalue weighted by Gasteiger charge is 2.10. The van der Waals surface area contributed by atoms with Crippen molar-refractivity contribution in [1.29, 1.82) is 0 Å². The molecule has 0 aliphatic rings. The molecule has 0 aliphatic heterocycles. The number of ether oxygens (including phenoxy) is 1. The van der Waals surface area contributed by atoms with Gasteiger partial charge in [-0.1, -0.05) is 53.4 Å². The number of carbonyl (C=O) groups is 1. The van der Waals surface area contributed by atoms with E-state index < -0.39 is 0 Å². The lowest BCUT2D eigenvalue weighted by Gasteiger charge is -2.20. The standard InChI is InChI=1S/C18H37NO2/c1-5-8-11-14-19(7-3)15-12-9-10-13-16-21-18(20)17(4)6-2/h17H,5-16H2,1-4H3. The van der Waals surface area contributed by atoms with Crippen LogP contribution in [0, 0.1) is 5.92 Å². The number of nitrogens with zero attached hydrogens (tertiary/aromatic N) is 1. The van der Waals surface area contributed by atoms with Crippen molar-refractivity contribution in [3.8, 4) is 0 Å². The van der Waals surface area contributed by atoms with E-state index in [4.69, 9.17) is 4.74 Å². The van der Waals surface area contributed by atoms with Gasteiger partial charge in [0.1, 0.15) is 0 Å². The highest BCUT2D eigenvalue weighted by molar-refractivity contribution is 5.71. The van der Waals surface area contributed by atoms with Crippen LogP contribution in [0.4, 0.5) is 0 Å². The Morgan fingerprint density at radius 2 is 1.57 bits per heavy atom. The lowest BCUT2D eigenvalue weighted by atomic mass is 10.1. The van der Waals surface area contributed by atoms with Gasteiger partial charge in [-0.05, 0) is 45.3 Å². The van der Waals surface area contributed by atoms with Crippen LogP contribution in [-0.4, -0.2) is 37.1 Å². The van der Waals surface area contributed by atoms with E-state index in [1.165, 1.54) is 51.6 Å². The van der Waals surface area contributed by atoms with E-state index in [1.54, 1.807) is 0 Å². The number of unbranched alkanes of at least 4 members (excludes halogenated alkanes) is 5. The maximum Gasteiger partial charge on any atom is 0.308 e.